The van der Waals surface area contributed by atoms with Gasteiger partial charge in [-0.25, -0.2) is 9.18 Å². The maximum Gasteiger partial charge on any atom is 0.315 e. The largest absolute Gasteiger partial charge is 0.468 e. The Morgan fingerprint density at radius 1 is 1.00 bits per heavy atom. The summed E-state index contributed by atoms with van der Waals surface area (Å²) in [6, 6.07) is 17.4. The number of amides is 2. The highest BCUT2D eigenvalue weighted by Gasteiger charge is 2.27. The van der Waals surface area contributed by atoms with Gasteiger partial charge in [-0.3, -0.25) is 4.90 Å². The minimum atomic E-state index is -0.235. The van der Waals surface area contributed by atoms with E-state index in [4.69, 9.17) is 16.0 Å². The van der Waals surface area contributed by atoms with E-state index in [1.807, 2.05) is 36.4 Å². The fourth-order valence-electron chi connectivity index (χ4n) is 3.87. The molecule has 1 saturated heterocycles. The number of nitrogens with one attached hydrogen (secondary N) is 2. The van der Waals surface area contributed by atoms with Gasteiger partial charge in [0.05, 0.1) is 12.3 Å². The standard InChI is InChI=1S/C24H26ClFN4O2/c25-19-5-3-18(4-6-19)16-27-24(31)28-17-22(23-2-1-15-32-23)30-13-11-29(12-14-30)21-9-7-20(26)8-10-21/h1-10,15,22H,11-14,16-17H2,(H2,27,28,31). The lowest BCUT2D eigenvalue weighted by Crippen LogP contribution is -2.50. The molecule has 1 aliphatic rings. The van der Waals surface area contributed by atoms with Crippen LogP contribution in [0.15, 0.2) is 71.3 Å². The van der Waals surface area contributed by atoms with E-state index in [0.717, 1.165) is 43.2 Å². The van der Waals surface area contributed by atoms with Gasteiger partial charge in [0.1, 0.15) is 11.6 Å². The molecule has 8 heteroatoms. The van der Waals surface area contributed by atoms with Crippen molar-refractivity contribution in [1.82, 2.24) is 15.5 Å². The second-order valence-corrected chi connectivity index (χ2v) is 8.16. The summed E-state index contributed by atoms with van der Waals surface area (Å²) < 4.78 is 18.9. The topological polar surface area (TPSA) is 60.8 Å². The molecule has 0 radical (unpaired) electrons. The van der Waals surface area contributed by atoms with Gasteiger partial charge < -0.3 is 20.0 Å². The predicted molar refractivity (Wildman–Crippen MR) is 123 cm³/mol. The average molecular weight is 457 g/mol. The number of piperazine rings is 1. The molecule has 32 heavy (non-hydrogen) atoms. The van der Waals surface area contributed by atoms with E-state index in [-0.39, 0.29) is 17.9 Å². The second-order valence-electron chi connectivity index (χ2n) is 7.72. The Hall–Kier alpha value is -3.03. The summed E-state index contributed by atoms with van der Waals surface area (Å²) in [5.41, 5.74) is 1.99. The number of urea groups is 1. The summed E-state index contributed by atoms with van der Waals surface area (Å²) in [4.78, 5) is 16.9. The fourth-order valence-corrected chi connectivity index (χ4v) is 4.00. The van der Waals surface area contributed by atoms with Gasteiger partial charge in [-0.1, -0.05) is 23.7 Å². The first-order chi connectivity index (χ1) is 15.6. The quantitative estimate of drug-likeness (QED) is 0.552. The van der Waals surface area contributed by atoms with Gasteiger partial charge in [-0.05, 0) is 54.1 Å². The molecule has 168 valence electrons. The van der Waals surface area contributed by atoms with Crippen LogP contribution in [0.25, 0.3) is 0 Å². The lowest BCUT2D eigenvalue weighted by Gasteiger charge is -2.39. The van der Waals surface area contributed by atoms with Crippen molar-refractivity contribution in [3.8, 4) is 0 Å². The van der Waals surface area contributed by atoms with Crippen LogP contribution >= 0.6 is 11.6 Å². The first kappa shape index (κ1) is 22.2. The third kappa shape index (κ3) is 5.81. The lowest BCUT2D eigenvalue weighted by atomic mass is 10.1. The molecule has 4 rings (SSSR count). The number of hydrogen-bond acceptors (Lipinski definition) is 4. The van der Waals surface area contributed by atoms with Crippen molar-refractivity contribution in [3.05, 3.63) is 89.1 Å². The molecule has 1 fully saturated rings. The molecule has 0 aliphatic carbocycles. The lowest BCUT2D eigenvalue weighted by molar-refractivity contribution is 0.161. The molecule has 0 saturated carbocycles. The van der Waals surface area contributed by atoms with Gasteiger partial charge in [0.15, 0.2) is 0 Å². The summed E-state index contributed by atoms with van der Waals surface area (Å²) in [5, 5.41) is 6.51. The zero-order valence-electron chi connectivity index (χ0n) is 17.6. The zero-order valence-corrected chi connectivity index (χ0v) is 18.4. The van der Waals surface area contributed by atoms with Crippen LogP contribution in [-0.2, 0) is 6.54 Å². The van der Waals surface area contributed by atoms with Gasteiger partial charge in [0.2, 0.25) is 0 Å². The van der Waals surface area contributed by atoms with Crippen LogP contribution in [0, 0.1) is 5.82 Å². The van der Waals surface area contributed by atoms with Crippen LogP contribution < -0.4 is 15.5 Å². The monoisotopic (exact) mass is 456 g/mol. The van der Waals surface area contributed by atoms with E-state index in [9.17, 15) is 9.18 Å². The Morgan fingerprint density at radius 3 is 2.38 bits per heavy atom. The van der Waals surface area contributed by atoms with E-state index in [1.54, 1.807) is 18.4 Å². The number of anilines is 1. The van der Waals surface area contributed by atoms with Gasteiger partial charge >= 0.3 is 6.03 Å². The number of nitrogens with zero attached hydrogens (tertiary/aromatic N) is 2. The summed E-state index contributed by atoms with van der Waals surface area (Å²) in [7, 11) is 0. The van der Waals surface area contributed by atoms with E-state index in [2.05, 4.69) is 20.4 Å². The van der Waals surface area contributed by atoms with Crippen LogP contribution in [0.5, 0.6) is 0 Å². The highest BCUT2D eigenvalue weighted by Crippen LogP contribution is 2.24. The summed E-state index contributed by atoms with van der Waals surface area (Å²) in [5.74, 6) is 0.587. The Labute approximate surface area is 192 Å². The van der Waals surface area contributed by atoms with Crippen LogP contribution in [0.4, 0.5) is 14.9 Å². The van der Waals surface area contributed by atoms with Crippen molar-refractivity contribution in [2.75, 3.05) is 37.6 Å². The van der Waals surface area contributed by atoms with E-state index < -0.39 is 0 Å². The second kappa shape index (κ2) is 10.5. The third-order valence-electron chi connectivity index (χ3n) is 5.64. The number of carbonyl (C=O) groups is 1. The minimum absolute atomic E-state index is 0.0679. The molecular weight excluding hydrogens is 431 g/mol. The number of rotatable bonds is 7. The zero-order chi connectivity index (χ0) is 22.3. The number of furan rings is 1. The van der Waals surface area contributed by atoms with Crippen LogP contribution in [-0.4, -0.2) is 43.7 Å². The predicted octanol–water partition coefficient (Wildman–Crippen LogP) is 4.43. The Balaban J connectivity index is 1.31. The van der Waals surface area contributed by atoms with Gasteiger partial charge in [-0.15, -0.1) is 0 Å². The normalized spacial score (nSPS) is 15.4. The summed E-state index contributed by atoms with van der Waals surface area (Å²) in [6.07, 6.45) is 1.65. The number of benzene rings is 2. The SMILES string of the molecule is O=C(NCc1ccc(Cl)cc1)NCC(c1ccco1)N1CCN(c2ccc(F)cc2)CC1. The van der Waals surface area contributed by atoms with E-state index in [0.29, 0.717) is 18.1 Å². The van der Waals surface area contributed by atoms with Crippen LogP contribution in [0.1, 0.15) is 17.4 Å². The number of hydrogen-bond donors (Lipinski definition) is 2. The number of halogens is 2. The van der Waals surface area contributed by atoms with Gasteiger partial charge in [0, 0.05) is 50.0 Å². The summed E-state index contributed by atoms with van der Waals surface area (Å²) in [6.45, 7) is 4.08. The molecule has 1 atom stereocenters. The number of carbonyl (C=O) groups excluding carboxylic acids is 1. The molecule has 1 aromatic heterocycles. The molecule has 1 unspecified atom stereocenters. The van der Waals surface area contributed by atoms with Crippen molar-refractivity contribution in [2.24, 2.45) is 0 Å². The Bertz CT molecular complexity index is 988. The maximum absolute atomic E-state index is 13.2. The maximum atomic E-state index is 13.2. The van der Waals surface area contributed by atoms with Crippen molar-refractivity contribution in [2.45, 2.75) is 12.6 Å². The summed E-state index contributed by atoms with van der Waals surface area (Å²) >= 11 is 5.90. The van der Waals surface area contributed by atoms with Crippen molar-refractivity contribution >= 4 is 23.3 Å². The fraction of sp³-hybridized carbons (Fsp3) is 0.292. The third-order valence-corrected chi connectivity index (χ3v) is 5.89. The van der Waals surface area contributed by atoms with Gasteiger partial charge in [0.25, 0.3) is 0 Å². The first-order valence-electron chi connectivity index (χ1n) is 10.6. The van der Waals surface area contributed by atoms with E-state index in [1.165, 1.54) is 12.1 Å². The molecule has 3 aromatic rings. The van der Waals surface area contributed by atoms with Gasteiger partial charge in [-0.2, -0.15) is 0 Å². The van der Waals surface area contributed by atoms with Crippen molar-refractivity contribution in [1.29, 1.82) is 0 Å². The molecule has 1 aliphatic heterocycles. The molecule has 6 nitrogen and oxygen atoms in total. The molecule has 2 heterocycles. The molecule has 2 amide bonds. The first-order valence-corrected chi connectivity index (χ1v) is 11.0. The van der Waals surface area contributed by atoms with E-state index >= 15 is 0 Å². The minimum Gasteiger partial charge on any atom is -0.468 e. The molecular formula is C24H26ClFN4O2. The highest BCUT2D eigenvalue weighted by molar-refractivity contribution is 6.30. The van der Waals surface area contributed by atoms with Crippen molar-refractivity contribution < 1.29 is 13.6 Å². The Kier molecular flexibility index (Phi) is 7.29. The molecule has 2 N–H and O–H groups in total. The smallest absolute Gasteiger partial charge is 0.315 e. The molecule has 0 bridgehead atoms. The highest BCUT2D eigenvalue weighted by atomic mass is 35.5. The molecule has 0 spiro atoms. The average Bonchev–Trinajstić information content (AvgIpc) is 3.34. The van der Waals surface area contributed by atoms with Crippen LogP contribution in [0.2, 0.25) is 5.02 Å². The Morgan fingerprint density at radius 2 is 1.72 bits per heavy atom. The van der Waals surface area contributed by atoms with Crippen LogP contribution in [0.3, 0.4) is 0 Å². The van der Waals surface area contributed by atoms with Crippen molar-refractivity contribution in [3.63, 3.8) is 0 Å². The molecule has 2 aromatic carbocycles.